The van der Waals surface area contributed by atoms with Crippen LogP contribution in [0.4, 0.5) is 0 Å². The Morgan fingerprint density at radius 2 is 1.78 bits per heavy atom. The lowest BCUT2D eigenvalue weighted by atomic mass is 9.59. The molecule has 92 valence electrons. The first-order chi connectivity index (χ1) is 8.83. The highest BCUT2D eigenvalue weighted by Gasteiger charge is 3.01. The van der Waals surface area contributed by atoms with E-state index in [1.807, 2.05) is 0 Å². The van der Waals surface area contributed by atoms with Crippen LogP contribution in [0, 0.1) is 70.0 Å². The van der Waals surface area contributed by atoms with Gasteiger partial charge in [-0.1, -0.05) is 0 Å². The second-order valence-electron chi connectivity index (χ2n) is 8.86. The summed E-state index contributed by atoms with van der Waals surface area (Å²) in [6, 6.07) is 0. The maximum atomic E-state index is 12.8. The molecule has 0 aromatic rings. The van der Waals surface area contributed by atoms with Gasteiger partial charge in [-0.3, -0.25) is 4.79 Å². The molecule has 4 bridgehead atoms. The van der Waals surface area contributed by atoms with Gasteiger partial charge in [-0.05, 0) is 72.0 Å². The molecule has 0 aromatic carbocycles. The van der Waals surface area contributed by atoms with Crippen LogP contribution in [-0.2, 0) is 9.53 Å². The molecule has 0 radical (unpaired) electrons. The van der Waals surface area contributed by atoms with Crippen molar-refractivity contribution >= 4 is 5.97 Å². The maximum absolute atomic E-state index is 12.8. The standard InChI is InChI=1S/C16H16O2/c17-14-16-7-2-6-10-8-4-1-5(13(16)9(4)11(7)10)12(8)15(6,16)3-18-14/h4-13H,1-3H2/t4?,5?,6-,7+,8?,9?,10?,11?,12?,13?,15?,16?/m0/s1. The van der Waals surface area contributed by atoms with E-state index >= 15 is 0 Å². The van der Waals surface area contributed by atoms with Crippen LogP contribution in [0.15, 0.2) is 0 Å². The van der Waals surface area contributed by atoms with Crippen LogP contribution in [0.25, 0.3) is 0 Å². The summed E-state index contributed by atoms with van der Waals surface area (Å²) in [7, 11) is 0. The third-order valence-corrected chi connectivity index (χ3v) is 9.97. The summed E-state index contributed by atoms with van der Waals surface area (Å²) in [6.45, 7) is 0.837. The smallest absolute Gasteiger partial charge is 0.313 e. The molecule has 8 saturated carbocycles. The number of carbonyl (C=O) groups is 1. The Hall–Kier alpha value is -0.530. The summed E-state index contributed by atoms with van der Waals surface area (Å²) in [5.41, 5.74) is 0.467. The Labute approximate surface area is 105 Å². The molecule has 0 aromatic heterocycles. The predicted molar refractivity (Wildman–Crippen MR) is 60.0 cm³/mol. The number of ether oxygens (including phenoxy) is 1. The lowest BCUT2D eigenvalue weighted by Gasteiger charge is -2.39. The van der Waals surface area contributed by atoms with Crippen molar-refractivity contribution in [3.63, 3.8) is 0 Å². The fourth-order valence-electron chi connectivity index (χ4n) is 11.0. The van der Waals surface area contributed by atoms with Crippen LogP contribution in [0.1, 0.15) is 12.8 Å². The van der Waals surface area contributed by atoms with E-state index in [0.29, 0.717) is 5.41 Å². The molecule has 1 heterocycles. The van der Waals surface area contributed by atoms with Gasteiger partial charge in [0.15, 0.2) is 0 Å². The third kappa shape index (κ3) is 0.348. The summed E-state index contributed by atoms with van der Waals surface area (Å²) < 4.78 is 5.74. The molecule has 10 unspecified atom stereocenters. The second kappa shape index (κ2) is 1.68. The Morgan fingerprint density at radius 1 is 0.944 bits per heavy atom. The minimum Gasteiger partial charge on any atom is -0.465 e. The molecular formula is C16H16O2. The van der Waals surface area contributed by atoms with Crippen molar-refractivity contribution in [2.24, 2.45) is 70.0 Å². The van der Waals surface area contributed by atoms with Gasteiger partial charge in [-0.25, -0.2) is 0 Å². The summed E-state index contributed by atoms with van der Waals surface area (Å²) in [4.78, 5) is 12.8. The van der Waals surface area contributed by atoms with Crippen molar-refractivity contribution in [3.8, 4) is 0 Å². The highest BCUT2D eigenvalue weighted by molar-refractivity contribution is 5.85. The fourth-order valence-corrected chi connectivity index (χ4v) is 11.0. The van der Waals surface area contributed by atoms with Crippen LogP contribution in [0.5, 0.6) is 0 Å². The molecule has 2 heteroatoms. The predicted octanol–water partition coefficient (Wildman–Crippen LogP) is 1.55. The molecule has 0 N–H and O–H groups in total. The Morgan fingerprint density at radius 3 is 2.72 bits per heavy atom. The van der Waals surface area contributed by atoms with Crippen molar-refractivity contribution in [1.82, 2.24) is 0 Å². The molecule has 18 heavy (non-hydrogen) atoms. The first-order valence-electron chi connectivity index (χ1n) is 8.00. The van der Waals surface area contributed by atoms with Gasteiger partial charge < -0.3 is 4.74 Å². The number of carbonyl (C=O) groups excluding carboxylic acids is 1. The normalized spacial score (nSPS) is 88.3. The molecule has 9 fully saturated rings. The third-order valence-electron chi connectivity index (χ3n) is 9.97. The first-order valence-corrected chi connectivity index (χ1v) is 8.00. The van der Waals surface area contributed by atoms with Crippen molar-refractivity contribution in [3.05, 3.63) is 0 Å². The van der Waals surface area contributed by atoms with Crippen molar-refractivity contribution < 1.29 is 9.53 Å². The van der Waals surface area contributed by atoms with Crippen LogP contribution in [0.2, 0.25) is 0 Å². The van der Waals surface area contributed by atoms with Crippen LogP contribution in [0.3, 0.4) is 0 Å². The van der Waals surface area contributed by atoms with Gasteiger partial charge >= 0.3 is 5.97 Å². The highest BCUT2D eigenvalue weighted by Crippen LogP contribution is 3.00. The number of rotatable bonds is 0. The van der Waals surface area contributed by atoms with Gasteiger partial charge in [0.05, 0.1) is 12.0 Å². The summed E-state index contributed by atoms with van der Waals surface area (Å²) in [6.07, 6.45) is 2.93. The van der Waals surface area contributed by atoms with E-state index in [1.165, 1.54) is 12.8 Å². The lowest BCUT2D eigenvalue weighted by Crippen LogP contribution is -2.45. The van der Waals surface area contributed by atoms with E-state index in [9.17, 15) is 4.79 Å². The molecule has 9 rings (SSSR count). The lowest BCUT2D eigenvalue weighted by molar-refractivity contribution is -0.151. The Kier molecular flexibility index (Phi) is 0.738. The molecule has 9 aliphatic rings. The zero-order valence-corrected chi connectivity index (χ0v) is 10.2. The molecule has 12 atom stereocenters. The topological polar surface area (TPSA) is 26.3 Å². The highest BCUT2D eigenvalue weighted by atomic mass is 16.5. The number of esters is 1. The molecule has 1 saturated heterocycles. The summed E-state index contributed by atoms with van der Waals surface area (Å²) in [5, 5.41) is 0. The maximum Gasteiger partial charge on any atom is 0.313 e. The second-order valence-corrected chi connectivity index (χ2v) is 8.86. The van der Waals surface area contributed by atoms with Crippen LogP contribution < -0.4 is 0 Å². The number of cyclic esters (lactones) is 1. The zero-order chi connectivity index (χ0) is 11.2. The average Bonchev–Trinajstić information content (AvgIpc) is 3.04. The molecule has 0 amide bonds. The van der Waals surface area contributed by atoms with Crippen LogP contribution in [-0.4, -0.2) is 12.6 Å². The van der Waals surface area contributed by atoms with Crippen molar-refractivity contribution in [1.29, 1.82) is 0 Å². The van der Waals surface area contributed by atoms with E-state index in [2.05, 4.69) is 0 Å². The Bertz CT molecular complexity index is 598. The van der Waals surface area contributed by atoms with E-state index in [-0.39, 0.29) is 11.4 Å². The quantitative estimate of drug-likeness (QED) is 0.601. The number of hydrogen-bond acceptors (Lipinski definition) is 2. The summed E-state index contributed by atoms with van der Waals surface area (Å²) >= 11 is 0. The van der Waals surface area contributed by atoms with Gasteiger partial charge in [0, 0.05) is 5.41 Å². The molecule has 8 aliphatic carbocycles. The van der Waals surface area contributed by atoms with Crippen molar-refractivity contribution in [2.75, 3.05) is 6.61 Å². The fraction of sp³-hybridized carbons (Fsp3) is 0.938. The number of hydrogen-bond donors (Lipinski definition) is 0. The van der Waals surface area contributed by atoms with E-state index in [4.69, 9.17) is 4.74 Å². The first kappa shape index (κ1) is 7.91. The van der Waals surface area contributed by atoms with Gasteiger partial charge in [0.1, 0.15) is 0 Å². The molecular weight excluding hydrogens is 224 g/mol. The molecule has 2 spiro atoms. The van der Waals surface area contributed by atoms with Gasteiger partial charge in [-0.15, -0.1) is 0 Å². The monoisotopic (exact) mass is 240 g/mol. The Balaban J connectivity index is 1.68. The average molecular weight is 240 g/mol. The largest absolute Gasteiger partial charge is 0.465 e. The van der Waals surface area contributed by atoms with E-state index < -0.39 is 0 Å². The van der Waals surface area contributed by atoms with Crippen molar-refractivity contribution in [2.45, 2.75) is 12.8 Å². The minimum absolute atomic E-state index is 0.0822. The summed E-state index contributed by atoms with van der Waals surface area (Å²) in [5.74, 6) is 9.78. The SMILES string of the molecule is O=C1OCC23C4C5CC6C4C4C7C6C5C12[C@@H]7C[C@@H]43. The van der Waals surface area contributed by atoms with Gasteiger partial charge in [0.25, 0.3) is 0 Å². The van der Waals surface area contributed by atoms with Crippen LogP contribution >= 0.6 is 0 Å². The van der Waals surface area contributed by atoms with Gasteiger partial charge in [0.2, 0.25) is 0 Å². The van der Waals surface area contributed by atoms with E-state index in [0.717, 1.165) is 65.8 Å². The van der Waals surface area contributed by atoms with E-state index in [1.54, 1.807) is 0 Å². The van der Waals surface area contributed by atoms with Gasteiger partial charge in [-0.2, -0.15) is 0 Å². The molecule has 1 aliphatic heterocycles. The zero-order valence-electron chi connectivity index (χ0n) is 10.2. The molecule has 2 nitrogen and oxygen atoms in total. The minimum atomic E-state index is 0.0822.